The normalized spacial score (nSPS) is 13.5. The number of rotatable bonds is 5. The predicted octanol–water partition coefficient (Wildman–Crippen LogP) is 4.31. The molecule has 2 aromatic rings. The van der Waals surface area contributed by atoms with Gasteiger partial charge in [0.2, 0.25) is 0 Å². The largest absolute Gasteiger partial charge is 0.322 e. The van der Waals surface area contributed by atoms with Crippen molar-refractivity contribution in [2.75, 3.05) is 11.9 Å². The lowest BCUT2D eigenvalue weighted by atomic mass is 10.0. The van der Waals surface area contributed by atoms with Crippen LogP contribution in [0, 0.1) is 5.92 Å². The summed E-state index contributed by atoms with van der Waals surface area (Å²) in [5.41, 5.74) is 2.89. The fourth-order valence-electron chi connectivity index (χ4n) is 3.12. The van der Waals surface area contributed by atoms with E-state index < -0.39 is 0 Å². The number of nitrogens with zero attached hydrogens (tertiary/aromatic N) is 1. The predicted molar refractivity (Wildman–Crippen MR) is 105 cm³/mol. The van der Waals surface area contributed by atoms with Crippen LogP contribution in [-0.2, 0) is 0 Å². The molecule has 3 rings (SSSR count). The zero-order valence-corrected chi connectivity index (χ0v) is 16.1. The molecule has 140 valence electrons. The van der Waals surface area contributed by atoms with E-state index in [1.165, 1.54) is 16.5 Å². The minimum atomic E-state index is -0.334. The van der Waals surface area contributed by atoms with Gasteiger partial charge in [-0.1, -0.05) is 39.8 Å². The maximum atomic E-state index is 12.6. The van der Waals surface area contributed by atoms with Crippen molar-refractivity contribution in [1.82, 2.24) is 4.90 Å². The topological polar surface area (TPSA) is 66.5 Å². The molecule has 3 amide bonds. The molecule has 27 heavy (non-hydrogen) atoms. The molecule has 1 aliphatic rings. The van der Waals surface area contributed by atoms with Crippen LogP contribution in [0.25, 0.3) is 0 Å². The Morgan fingerprint density at radius 1 is 0.926 bits per heavy atom. The third-order valence-electron chi connectivity index (χ3n) is 4.62. The van der Waals surface area contributed by atoms with Gasteiger partial charge in [0.25, 0.3) is 17.7 Å². The smallest absolute Gasteiger partial charge is 0.261 e. The second-order valence-electron chi connectivity index (χ2n) is 7.61. The van der Waals surface area contributed by atoms with E-state index in [4.69, 9.17) is 0 Å². The van der Waals surface area contributed by atoms with E-state index in [-0.39, 0.29) is 23.6 Å². The van der Waals surface area contributed by atoms with Crippen molar-refractivity contribution in [2.45, 2.75) is 33.6 Å². The molecule has 5 nitrogen and oxygen atoms in total. The molecule has 0 aromatic heterocycles. The van der Waals surface area contributed by atoms with Crippen LogP contribution >= 0.6 is 0 Å². The number of anilines is 1. The zero-order valence-electron chi connectivity index (χ0n) is 16.1. The van der Waals surface area contributed by atoms with Crippen LogP contribution in [0.1, 0.15) is 70.3 Å². The molecule has 1 N–H and O–H groups in total. The third kappa shape index (κ3) is 3.77. The maximum absolute atomic E-state index is 12.6. The second-order valence-corrected chi connectivity index (χ2v) is 7.61. The summed E-state index contributed by atoms with van der Waals surface area (Å²) in [5, 5.41) is 2.84. The van der Waals surface area contributed by atoms with E-state index >= 15 is 0 Å². The van der Waals surface area contributed by atoms with Crippen LogP contribution in [-0.4, -0.2) is 29.2 Å². The second kappa shape index (κ2) is 7.35. The Labute approximate surface area is 159 Å². The fraction of sp³-hybridized carbons (Fsp3) is 0.318. The van der Waals surface area contributed by atoms with Crippen LogP contribution in [0.2, 0.25) is 0 Å². The molecule has 0 spiro atoms. The van der Waals surface area contributed by atoms with Gasteiger partial charge in [0.1, 0.15) is 0 Å². The molecule has 1 aliphatic heterocycles. The van der Waals surface area contributed by atoms with Crippen molar-refractivity contribution in [1.29, 1.82) is 0 Å². The van der Waals surface area contributed by atoms with Gasteiger partial charge < -0.3 is 5.32 Å². The molecule has 0 unspecified atom stereocenters. The van der Waals surface area contributed by atoms with E-state index in [1.54, 1.807) is 12.1 Å². The van der Waals surface area contributed by atoms with E-state index in [0.717, 1.165) is 0 Å². The maximum Gasteiger partial charge on any atom is 0.261 e. The van der Waals surface area contributed by atoms with Crippen LogP contribution in [0.15, 0.2) is 42.5 Å². The Kier molecular flexibility index (Phi) is 5.13. The van der Waals surface area contributed by atoms with E-state index in [2.05, 4.69) is 19.2 Å². The molecule has 0 radical (unpaired) electrons. The minimum Gasteiger partial charge on any atom is -0.322 e. The van der Waals surface area contributed by atoms with Crippen molar-refractivity contribution < 1.29 is 14.4 Å². The van der Waals surface area contributed by atoms with Gasteiger partial charge in [0.15, 0.2) is 0 Å². The molecular formula is C22H24N2O3. The number of hydrogen-bond acceptors (Lipinski definition) is 3. The Morgan fingerprint density at radius 3 is 2.15 bits per heavy atom. The zero-order chi connectivity index (χ0) is 19.7. The van der Waals surface area contributed by atoms with Crippen LogP contribution in [0.3, 0.4) is 0 Å². The highest BCUT2D eigenvalue weighted by molar-refractivity contribution is 6.22. The SMILES string of the molecule is CC(C)CN1C(=O)c2ccc(C(=O)Nc3ccc(C(C)C)cc3)cc2C1=O. The number of nitrogens with one attached hydrogen (secondary N) is 1. The van der Waals surface area contributed by atoms with Crippen molar-refractivity contribution >= 4 is 23.4 Å². The first-order valence-electron chi connectivity index (χ1n) is 9.19. The number of carbonyl (C=O) groups is 3. The first kappa shape index (κ1) is 18.8. The Bertz CT molecular complexity index is 898. The standard InChI is InChI=1S/C22H24N2O3/c1-13(2)12-24-21(26)18-10-7-16(11-19(18)22(24)27)20(25)23-17-8-5-15(6-9-17)14(3)4/h5-11,13-14H,12H2,1-4H3,(H,23,25). The molecule has 1 heterocycles. The van der Waals surface area contributed by atoms with Crippen LogP contribution in [0.4, 0.5) is 5.69 Å². The Balaban J connectivity index is 1.79. The minimum absolute atomic E-state index is 0.184. The van der Waals surface area contributed by atoms with Gasteiger partial charge in [-0.2, -0.15) is 0 Å². The molecule has 2 aromatic carbocycles. The Hall–Kier alpha value is -2.95. The number of fused-ring (bicyclic) bond motifs is 1. The average molecular weight is 364 g/mol. The number of carbonyl (C=O) groups excluding carboxylic acids is 3. The first-order valence-corrected chi connectivity index (χ1v) is 9.19. The lowest BCUT2D eigenvalue weighted by Gasteiger charge is -2.15. The van der Waals surface area contributed by atoms with Gasteiger partial charge in [-0.05, 0) is 47.7 Å². The number of hydrogen-bond donors (Lipinski definition) is 1. The van der Waals surface area contributed by atoms with Gasteiger partial charge in [0.05, 0.1) is 11.1 Å². The molecular weight excluding hydrogens is 340 g/mol. The fourth-order valence-corrected chi connectivity index (χ4v) is 3.12. The highest BCUT2D eigenvalue weighted by Crippen LogP contribution is 2.25. The number of imide groups is 1. The summed E-state index contributed by atoms with van der Waals surface area (Å²) in [4.78, 5) is 38.8. The van der Waals surface area contributed by atoms with Crippen molar-refractivity contribution in [3.05, 3.63) is 64.7 Å². The molecule has 5 heteroatoms. The van der Waals surface area contributed by atoms with Gasteiger partial charge in [0, 0.05) is 17.8 Å². The lowest BCUT2D eigenvalue weighted by molar-refractivity contribution is 0.0636. The monoisotopic (exact) mass is 364 g/mol. The van der Waals surface area contributed by atoms with Crippen molar-refractivity contribution in [3.8, 4) is 0 Å². The molecule has 0 aliphatic carbocycles. The van der Waals surface area contributed by atoms with Gasteiger partial charge in [-0.3, -0.25) is 19.3 Å². The summed E-state index contributed by atoms with van der Waals surface area (Å²) in [6.45, 7) is 8.49. The molecule has 0 bridgehead atoms. The summed E-state index contributed by atoms with van der Waals surface area (Å²) in [5.74, 6) is -0.329. The quantitative estimate of drug-likeness (QED) is 0.804. The van der Waals surface area contributed by atoms with E-state index in [1.807, 2.05) is 38.1 Å². The van der Waals surface area contributed by atoms with Crippen LogP contribution in [0.5, 0.6) is 0 Å². The molecule has 0 fully saturated rings. The van der Waals surface area contributed by atoms with Gasteiger partial charge >= 0.3 is 0 Å². The van der Waals surface area contributed by atoms with E-state index in [9.17, 15) is 14.4 Å². The summed E-state index contributed by atoms with van der Waals surface area (Å²) >= 11 is 0. The summed E-state index contributed by atoms with van der Waals surface area (Å²) in [6, 6.07) is 12.3. The summed E-state index contributed by atoms with van der Waals surface area (Å²) in [6.07, 6.45) is 0. The Morgan fingerprint density at radius 2 is 1.56 bits per heavy atom. The highest BCUT2D eigenvalue weighted by Gasteiger charge is 2.36. The third-order valence-corrected chi connectivity index (χ3v) is 4.62. The van der Waals surface area contributed by atoms with Crippen LogP contribution < -0.4 is 5.32 Å². The molecule has 0 saturated carbocycles. The highest BCUT2D eigenvalue weighted by atomic mass is 16.2. The number of amides is 3. The van der Waals surface area contributed by atoms with Gasteiger partial charge in [-0.25, -0.2) is 0 Å². The lowest BCUT2D eigenvalue weighted by Crippen LogP contribution is -2.33. The van der Waals surface area contributed by atoms with E-state index in [0.29, 0.717) is 34.8 Å². The summed E-state index contributed by atoms with van der Waals surface area (Å²) in [7, 11) is 0. The van der Waals surface area contributed by atoms with Crippen molar-refractivity contribution in [3.63, 3.8) is 0 Å². The van der Waals surface area contributed by atoms with Crippen molar-refractivity contribution in [2.24, 2.45) is 5.92 Å². The average Bonchev–Trinajstić information content (AvgIpc) is 2.86. The molecule has 0 saturated heterocycles. The number of benzene rings is 2. The van der Waals surface area contributed by atoms with Gasteiger partial charge in [-0.15, -0.1) is 0 Å². The molecule has 0 atom stereocenters. The first-order chi connectivity index (χ1) is 12.8. The summed E-state index contributed by atoms with van der Waals surface area (Å²) < 4.78 is 0.